The van der Waals surface area contributed by atoms with Gasteiger partial charge in [-0.15, -0.1) is 0 Å². The van der Waals surface area contributed by atoms with Crippen LogP contribution in [0.15, 0.2) is 47.0 Å². The first-order valence-corrected chi connectivity index (χ1v) is 10.5. The largest absolute Gasteiger partial charge is 0.493 e. The lowest BCUT2D eigenvalue weighted by Crippen LogP contribution is -2.25. The molecule has 0 bridgehead atoms. The van der Waals surface area contributed by atoms with Crippen molar-refractivity contribution in [3.05, 3.63) is 70.6 Å². The van der Waals surface area contributed by atoms with Gasteiger partial charge in [-0.25, -0.2) is 4.79 Å². The second-order valence-electron chi connectivity index (χ2n) is 7.58. The van der Waals surface area contributed by atoms with E-state index in [1.807, 2.05) is 38.1 Å². The zero-order valence-corrected chi connectivity index (χ0v) is 18.7. The lowest BCUT2D eigenvalue weighted by molar-refractivity contribution is 0.0950. The Kier molecular flexibility index (Phi) is 6.48. The third-order valence-electron chi connectivity index (χ3n) is 5.42. The number of nitrogens with one attached hydrogen (secondary N) is 1. The number of anilines is 1. The molecule has 1 aromatic heterocycles. The average Bonchev–Trinajstić information content (AvgIpc) is 3.40. The predicted octanol–water partition coefficient (Wildman–Crippen LogP) is 3.77. The first-order chi connectivity index (χ1) is 16.0. The van der Waals surface area contributed by atoms with Gasteiger partial charge in [-0.1, -0.05) is 17.3 Å². The van der Waals surface area contributed by atoms with Crippen LogP contribution in [0.3, 0.4) is 0 Å². The number of rotatable bonds is 8. The third-order valence-corrected chi connectivity index (χ3v) is 5.42. The normalized spacial score (nSPS) is 13.1. The van der Waals surface area contributed by atoms with E-state index >= 15 is 0 Å². The number of amides is 2. The molecule has 9 nitrogen and oxygen atoms in total. The maximum Gasteiger partial charge on any atom is 0.414 e. The topological polar surface area (TPSA) is 103 Å². The fourth-order valence-corrected chi connectivity index (χ4v) is 3.53. The Balaban J connectivity index is 1.40. The number of carbonyl (C=O) groups excluding carboxylic acids is 2. The first kappa shape index (κ1) is 22.2. The van der Waals surface area contributed by atoms with E-state index in [2.05, 4.69) is 10.5 Å². The minimum atomic E-state index is -0.361. The first-order valence-electron chi connectivity index (χ1n) is 10.5. The molecule has 1 N–H and O–H groups in total. The lowest BCUT2D eigenvalue weighted by atomic mass is 10.1. The van der Waals surface area contributed by atoms with Crippen molar-refractivity contribution in [2.75, 3.05) is 25.2 Å². The summed E-state index contributed by atoms with van der Waals surface area (Å²) in [7, 11) is 1.52. The van der Waals surface area contributed by atoms with Crippen LogP contribution in [0, 0.1) is 13.8 Å². The number of methoxy groups -OCH3 is 1. The Morgan fingerprint density at radius 1 is 1.18 bits per heavy atom. The molecule has 1 aliphatic rings. The second-order valence-corrected chi connectivity index (χ2v) is 7.58. The monoisotopic (exact) mass is 451 g/mol. The van der Waals surface area contributed by atoms with Gasteiger partial charge in [-0.05, 0) is 49.7 Å². The Morgan fingerprint density at radius 3 is 2.73 bits per heavy atom. The van der Waals surface area contributed by atoms with Gasteiger partial charge in [0.15, 0.2) is 11.5 Å². The van der Waals surface area contributed by atoms with Crippen LogP contribution in [-0.2, 0) is 17.9 Å². The zero-order chi connectivity index (χ0) is 23.4. The van der Waals surface area contributed by atoms with Gasteiger partial charge in [0.2, 0.25) is 0 Å². The summed E-state index contributed by atoms with van der Waals surface area (Å²) in [5, 5.41) is 6.81. The van der Waals surface area contributed by atoms with Gasteiger partial charge in [0.05, 0.1) is 24.9 Å². The second kappa shape index (κ2) is 9.64. The summed E-state index contributed by atoms with van der Waals surface area (Å²) in [4.78, 5) is 26.1. The Hall–Kier alpha value is -4.01. The molecule has 0 saturated carbocycles. The summed E-state index contributed by atoms with van der Waals surface area (Å²) in [5.74, 6) is 1.41. The van der Waals surface area contributed by atoms with Crippen molar-refractivity contribution in [1.82, 2.24) is 10.5 Å². The van der Waals surface area contributed by atoms with E-state index in [4.69, 9.17) is 18.7 Å². The van der Waals surface area contributed by atoms with Crippen molar-refractivity contribution in [2.24, 2.45) is 0 Å². The highest BCUT2D eigenvalue weighted by molar-refractivity contribution is 5.95. The van der Waals surface area contributed by atoms with E-state index in [0.717, 1.165) is 22.5 Å². The highest BCUT2D eigenvalue weighted by atomic mass is 16.6. The Bertz CT molecular complexity index is 1150. The van der Waals surface area contributed by atoms with Crippen LogP contribution in [0.4, 0.5) is 10.5 Å². The summed E-state index contributed by atoms with van der Waals surface area (Å²) in [6, 6.07) is 12.4. The number of aryl methyl sites for hydroxylation is 2. The van der Waals surface area contributed by atoms with E-state index in [1.54, 1.807) is 23.1 Å². The molecular formula is C24H25N3O6. The molecular weight excluding hydrogens is 426 g/mol. The van der Waals surface area contributed by atoms with Crippen LogP contribution in [0.5, 0.6) is 11.5 Å². The van der Waals surface area contributed by atoms with E-state index in [0.29, 0.717) is 42.5 Å². The molecule has 0 radical (unpaired) electrons. The van der Waals surface area contributed by atoms with Gasteiger partial charge in [-0.3, -0.25) is 9.69 Å². The van der Waals surface area contributed by atoms with Crippen molar-refractivity contribution in [3.8, 4) is 11.5 Å². The molecule has 1 saturated heterocycles. The van der Waals surface area contributed by atoms with Crippen LogP contribution in [-0.4, -0.2) is 37.4 Å². The van der Waals surface area contributed by atoms with Crippen LogP contribution in [0.1, 0.15) is 32.9 Å². The molecule has 1 aliphatic heterocycles. The molecule has 0 spiro atoms. The van der Waals surface area contributed by atoms with Crippen LogP contribution >= 0.6 is 0 Å². The number of cyclic esters (lactones) is 1. The van der Waals surface area contributed by atoms with Crippen LogP contribution in [0.2, 0.25) is 0 Å². The fraction of sp³-hybridized carbons (Fsp3) is 0.292. The van der Waals surface area contributed by atoms with Crippen molar-refractivity contribution in [1.29, 1.82) is 0 Å². The van der Waals surface area contributed by atoms with Crippen LogP contribution < -0.4 is 19.7 Å². The smallest absolute Gasteiger partial charge is 0.414 e. The SMILES string of the molecule is COc1cc(C(=O)NCc2cccc(N3CCOC3=O)c2)ccc1OCc1c(C)noc1C. The minimum absolute atomic E-state index is 0.253. The van der Waals surface area contributed by atoms with Gasteiger partial charge in [0.1, 0.15) is 19.0 Å². The predicted molar refractivity (Wildman–Crippen MR) is 120 cm³/mol. The van der Waals surface area contributed by atoms with E-state index in [1.165, 1.54) is 7.11 Å². The Labute approximate surface area is 191 Å². The quantitative estimate of drug-likeness (QED) is 0.556. The van der Waals surface area contributed by atoms with Crippen molar-refractivity contribution < 1.29 is 28.3 Å². The van der Waals surface area contributed by atoms with Gasteiger partial charge >= 0.3 is 6.09 Å². The molecule has 1 fully saturated rings. The van der Waals surface area contributed by atoms with Gasteiger partial charge in [0.25, 0.3) is 5.91 Å². The number of hydrogen-bond donors (Lipinski definition) is 1. The van der Waals surface area contributed by atoms with E-state index in [-0.39, 0.29) is 18.6 Å². The third kappa shape index (κ3) is 4.92. The fourth-order valence-electron chi connectivity index (χ4n) is 3.53. The highest BCUT2D eigenvalue weighted by Crippen LogP contribution is 2.29. The summed E-state index contributed by atoms with van der Waals surface area (Å²) >= 11 is 0. The number of carbonyl (C=O) groups is 2. The van der Waals surface area contributed by atoms with E-state index < -0.39 is 0 Å². The zero-order valence-electron chi connectivity index (χ0n) is 18.7. The minimum Gasteiger partial charge on any atom is -0.493 e. The molecule has 2 amide bonds. The molecule has 0 aliphatic carbocycles. The molecule has 0 atom stereocenters. The van der Waals surface area contributed by atoms with Gasteiger partial charge in [-0.2, -0.15) is 0 Å². The maximum absolute atomic E-state index is 12.7. The molecule has 172 valence electrons. The lowest BCUT2D eigenvalue weighted by Gasteiger charge is -2.14. The number of benzene rings is 2. The molecule has 4 rings (SSSR count). The van der Waals surface area contributed by atoms with Crippen molar-refractivity contribution in [2.45, 2.75) is 27.0 Å². The molecule has 3 aromatic rings. The van der Waals surface area contributed by atoms with Crippen molar-refractivity contribution in [3.63, 3.8) is 0 Å². The summed E-state index contributed by atoms with van der Waals surface area (Å²) in [6.45, 7) is 5.16. The van der Waals surface area contributed by atoms with Gasteiger partial charge in [0, 0.05) is 17.8 Å². The summed E-state index contributed by atoms with van der Waals surface area (Å²) in [6.07, 6.45) is -0.361. The Morgan fingerprint density at radius 2 is 2.03 bits per heavy atom. The van der Waals surface area contributed by atoms with Crippen LogP contribution in [0.25, 0.3) is 0 Å². The van der Waals surface area contributed by atoms with E-state index in [9.17, 15) is 9.59 Å². The molecule has 2 heterocycles. The summed E-state index contributed by atoms with van der Waals surface area (Å²) < 4.78 is 21.4. The highest BCUT2D eigenvalue weighted by Gasteiger charge is 2.23. The summed E-state index contributed by atoms with van der Waals surface area (Å²) in [5.41, 5.74) is 3.70. The number of ether oxygens (including phenoxy) is 3. The number of aromatic nitrogens is 1. The number of nitrogens with zero attached hydrogens (tertiary/aromatic N) is 2. The molecule has 2 aromatic carbocycles. The maximum atomic E-state index is 12.7. The molecule has 9 heteroatoms. The average molecular weight is 451 g/mol. The standard InChI is InChI=1S/C24H25N3O6/c1-15-20(16(2)33-26-15)14-32-21-8-7-18(12-22(21)30-3)23(28)25-13-17-5-4-6-19(11-17)27-9-10-31-24(27)29/h4-8,11-12H,9-10,13-14H2,1-3H3,(H,25,28). The molecule has 0 unspecified atom stereocenters. The number of hydrogen-bond acceptors (Lipinski definition) is 7. The van der Waals surface area contributed by atoms with Crippen molar-refractivity contribution >= 4 is 17.7 Å². The molecule has 33 heavy (non-hydrogen) atoms. The van der Waals surface area contributed by atoms with Gasteiger partial charge < -0.3 is 24.1 Å².